The maximum atomic E-state index is 2.46. The maximum absolute atomic E-state index is 2.46. The molecular formula is C28H24. The van der Waals surface area contributed by atoms with Crippen LogP contribution in [0.1, 0.15) is 22.3 Å². The first-order valence-corrected chi connectivity index (χ1v) is 10.2. The summed E-state index contributed by atoms with van der Waals surface area (Å²) in [6, 6.07) is 35.9. The molecule has 0 spiro atoms. The first kappa shape index (κ1) is 17.0. The maximum Gasteiger partial charge on any atom is -0.0149 e. The second kappa shape index (κ2) is 7.48. The number of aryl methyl sites for hydroxylation is 4. The predicted molar refractivity (Wildman–Crippen MR) is 119 cm³/mol. The number of hydrogen-bond acceptors (Lipinski definition) is 0. The van der Waals surface area contributed by atoms with Crippen LogP contribution in [0.2, 0.25) is 0 Å². The molecule has 4 bridgehead atoms. The Morgan fingerprint density at radius 1 is 0.393 bits per heavy atom. The van der Waals surface area contributed by atoms with E-state index in [0.29, 0.717) is 0 Å². The van der Waals surface area contributed by atoms with Gasteiger partial charge in [-0.2, -0.15) is 0 Å². The van der Waals surface area contributed by atoms with E-state index < -0.39 is 0 Å². The quantitative estimate of drug-likeness (QED) is 0.364. The molecule has 4 aromatic rings. The molecule has 0 N–H and O–H groups in total. The van der Waals surface area contributed by atoms with Crippen molar-refractivity contribution in [3.8, 4) is 22.3 Å². The number of hydrogen-bond donors (Lipinski definition) is 0. The summed E-state index contributed by atoms with van der Waals surface area (Å²) in [5.74, 6) is 0. The van der Waals surface area contributed by atoms with Crippen LogP contribution < -0.4 is 0 Å². The van der Waals surface area contributed by atoms with Crippen LogP contribution in [0.15, 0.2) is 97.1 Å². The van der Waals surface area contributed by atoms with Crippen LogP contribution in [0.3, 0.4) is 0 Å². The minimum atomic E-state index is 1.06. The Labute approximate surface area is 167 Å². The average molecular weight is 361 g/mol. The summed E-state index contributed by atoms with van der Waals surface area (Å²) in [5, 5.41) is 0. The minimum Gasteiger partial charge on any atom is -0.0622 e. The molecular weight excluding hydrogens is 336 g/mol. The van der Waals surface area contributed by atoms with Crippen molar-refractivity contribution in [1.29, 1.82) is 0 Å². The van der Waals surface area contributed by atoms with Gasteiger partial charge < -0.3 is 0 Å². The van der Waals surface area contributed by atoms with Crippen molar-refractivity contribution in [3.63, 3.8) is 0 Å². The summed E-state index contributed by atoms with van der Waals surface area (Å²) >= 11 is 0. The molecule has 8 rings (SSSR count). The van der Waals surface area contributed by atoms with Crippen LogP contribution >= 0.6 is 0 Å². The van der Waals surface area contributed by atoms with Gasteiger partial charge in [0.25, 0.3) is 0 Å². The standard InChI is InChI=1S/C28H24/c1-3-7-23(8-4-1)27-19-26-18-16-22-13-11-21(12-14-22)15-17-25(27)20-28(26)24-9-5-2-6-10-24/h1-14,19-20H,15-18H2. The van der Waals surface area contributed by atoms with E-state index >= 15 is 0 Å². The van der Waals surface area contributed by atoms with E-state index in [4.69, 9.17) is 0 Å². The molecule has 0 saturated heterocycles. The fourth-order valence-electron chi connectivity index (χ4n) is 4.31. The van der Waals surface area contributed by atoms with E-state index in [1.54, 1.807) is 0 Å². The smallest absolute Gasteiger partial charge is 0.0149 e. The van der Waals surface area contributed by atoms with Gasteiger partial charge in [-0.1, -0.05) is 97.1 Å². The number of rotatable bonds is 2. The average Bonchev–Trinajstić information content (AvgIpc) is 2.76. The summed E-state index contributed by atoms with van der Waals surface area (Å²) < 4.78 is 0. The van der Waals surface area contributed by atoms with Gasteiger partial charge in [-0.25, -0.2) is 0 Å². The SMILES string of the molecule is c1ccc(-c2cc3c(-c4ccccc4)cc2CCc2ccc(cc2)CC3)cc1. The van der Waals surface area contributed by atoms with Crippen LogP contribution in [0.25, 0.3) is 22.3 Å². The molecule has 0 atom stereocenters. The van der Waals surface area contributed by atoms with Gasteiger partial charge >= 0.3 is 0 Å². The monoisotopic (exact) mass is 360 g/mol. The van der Waals surface area contributed by atoms with E-state index in [0.717, 1.165) is 25.7 Å². The molecule has 0 heteroatoms. The lowest BCUT2D eigenvalue weighted by molar-refractivity contribution is 0.925. The van der Waals surface area contributed by atoms with Gasteiger partial charge in [0.15, 0.2) is 0 Å². The zero-order valence-electron chi connectivity index (χ0n) is 16.1. The van der Waals surface area contributed by atoms with E-state index in [1.807, 2.05) is 0 Å². The molecule has 0 radical (unpaired) electrons. The van der Waals surface area contributed by atoms with Crippen molar-refractivity contribution in [2.45, 2.75) is 25.7 Å². The molecule has 0 aliphatic heterocycles. The molecule has 4 aromatic carbocycles. The zero-order chi connectivity index (χ0) is 18.8. The van der Waals surface area contributed by atoms with Crippen molar-refractivity contribution in [2.24, 2.45) is 0 Å². The second-order valence-electron chi connectivity index (χ2n) is 7.72. The zero-order valence-corrected chi connectivity index (χ0v) is 16.1. The molecule has 0 unspecified atom stereocenters. The van der Waals surface area contributed by atoms with Gasteiger partial charge in [-0.3, -0.25) is 0 Å². The van der Waals surface area contributed by atoms with E-state index in [-0.39, 0.29) is 0 Å². The highest BCUT2D eigenvalue weighted by Crippen LogP contribution is 2.34. The minimum absolute atomic E-state index is 1.06. The van der Waals surface area contributed by atoms with Crippen LogP contribution in [0.5, 0.6) is 0 Å². The Bertz CT molecular complexity index is 984. The first-order chi connectivity index (χ1) is 13.9. The van der Waals surface area contributed by atoms with Crippen LogP contribution in [-0.4, -0.2) is 0 Å². The Kier molecular flexibility index (Phi) is 4.54. The molecule has 0 nitrogen and oxygen atoms in total. The summed E-state index contributed by atoms with van der Waals surface area (Å²) in [7, 11) is 0. The topological polar surface area (TPSA) is 0 Å². The summed E-state index contributed by atoms with van der Waals surface area (Å²) in [4.78, 5) is 0. The molecule has 0 fully saturated rings. The highest BCUT2D eigenvalue weighted by atomic mass is 14.2. The third-order valence-electron chi connectivity index (χ3n) is 5.89. The third-order valence-corrected chi connectivity index (χ3v) is 5.89. The lowest BCUT2D eigenvalue weighted by atomic mass is 9.86. The number of benzene rings is 4. The lowest BCUT2D eigenvalue weighted by Gasteiger charge is -2.19. The lowest BCUT2D eigenvalue weighted by Crippen LogP contribution is -2.02. The second-order valence-corrected chi connectivity index (χ2v) is 7.72. The Balaban J connectivity index is 1.70. The summed E-state index contributed by atoms with van der Waals surface area (Å²) in [6.45, 7) is 0. The summed E-state index contributed by atoms with van der Waals surface area (Å²) in [5.41, 5.74) is 11.2. The Morgan fingerprint density at radius 2 is 0.786 bits per heavy atom. The van der Waals surface area contributed by atoms with Crippen LogP contribution in [0.4, 0.5) is 0 Å². The molecule has 136 valence electrons. The van der Waals surface area contributed by atoms with Crippen molar-refractivity contribution in [3.05, 3.63) is 119 Å². The molecule has 28 heavy (non-hydrogen) atoms. The largest absolute Gasteiger partial charge is 0.0622 e. The van der Waals surface area contributed by atoms with Crippen LogP contribution in [0, 0.1) is 0 Å². The van der Waals surface area contributed by atoms with Gasteiger partial charge in [0.1, 0.15) is 0 Å². The van der Waals surface area contributed by atoms with Gasteiger partial charge in [0.2, 0.25) is 0 Å². The highest BCUT2D eigenvalue weighted by molar-refractivity contribution is 5.77. The molecule has 4 aliphatic carbocycles. The van der Waals surface area contributed by atoms with Gasteiger partial charge in [-0.05, 0) is 70.2 Å². The molecule has 0 heterocycles. The van der Waals surface area contributed by atoms with Crippen molar-refractivity contribution < 1.29 is 0 Å². The van der Waals surface area contributed by atoms with E-state index in [9.17, 15) is 0 Å². The fourth-order valence-corrected chi connectivity index (χ4v) is 4.31. The normalized spacial score (nSPS) is 13.1. The first-order valence-electron chi connectivity index (χ1n) is 10.2. The summed E-state index contributed by atoms with van der Waals surface area (Å²) in [6.07, 6.45) is 4.27. The van der Waals surface area contributed by atoms with E-state index in [1.165, 1.54) is 44.5 Å². The fraction of sp³-hybridized carbons (Fsp3) is 0.143. The van der Waals surface area contributed by atoms with Gasteiger partial charge in [-0.15, -0.1) is 0 Å². The predicted octanol–water partition coefficient (Wildman–Crippen LogP) is 6.90. The van der Waals surface area contributed by atoms with Crippen molar-refractivity contribution in [2.75, 3.05) is 0 Å². The Hall–Kier alpha value is -3.12. The van der Waals surface area contributed by atoms with Gasteiger partial charge in [0, 0.05) is 0 Å². The molecule has 0 saturated carbocycles. The molecule has 4 aliphatic rings. The molecule has 0 aromatic heterocycles. The van der Waals surface area contributed by atoms with Crippen molar-refractivity contribution in [1.82, 2.24) is 0 Å². The van der Waals surface area contributed by atoms with E-state index in [2.05, 4.69) is 97.1 Å². The Morgan fingerprint density at radius 3 is 1.18 bits per heavy atom. The van der Waals surface area contributed by atoms with Gasteiger partial charge in [0.05, 0.1) is 0 Å². The van der Waals surface area contributed by atoms with Crippen molar-refractivity contribution >= 4 is 0 Å². The molecule has 0 amide bonds. The van der Waals surface area contributed by atoms with Crippen LogP contribution in [-0.2, 0) is 25.7 Å². The highest BCUT2D eigenvalue weighted by Gasteiger charge is 2.14. The third kappa shape index (κ3) is 3.39.